The van der Waals surface area contributed by atoms with Crippen molar-refractivity contribution in [2.24, 2.45) is 16.1 Å². The van der Waals surface area contributed by atoms with E-state index in [0.29, 0.717) is 13.1 Å². The van der Waals surface area contributed by atoms with E-state index in [1.54, 1.807) is 25.2 Å². The summed E-state index contributed by atoms with van der Waals surface area (Å²) in [5, 5.41) is 6.32. The average molecular weight is 311 g/mol. The number of rotatable bonds is 6. The Morgan fingerprint density at radius 2 is 2.24 bits per heavy atom. The molecule has 0 aliphatic carbocycles. The Kier molecular flexibility index (Phi) is 6.14. The molecule has 0 saturated carbocycles. The quantitative estimate of drug-likeness (QED) is 0.614. The first-order valence-corrected chi connectivity index (χ1v) is 7.84. The van der Waals surface area contributed by atoms with Crippen LogP contribution in [0.4, 0.5) is 0 Å². The topological polar surface area (TPSA) is 83.6 Å². The van der Waals surface area contributed by atoms with Gasteiger partial charge in [0.2, 0.25) is 5.91 Å². The second-order valence-electron chi connectivity index (χ2n) is 5.63. The average Bonchev–Trinajstić information content (AvgIpc) is 2.79. The Balaban J connectivity index is 2.77. The van der Waals surface area contributed by atoms with Crippen molar-refractivity contribution in [3.05, 3.63) is 16.1 Å². The Labute approximate surface area is 130 Å². The standard InChI is InChI=1S/C14H25N5OS/c1-6-16-13(17-9-14(3,4)12(15)20)19(5)7-11-8-21-10(2)18-11/h8H,6-7,9H2,1-5H3,(H2,15,20)(H,16,17). The van der Waals surface area contributed by atoms with Crippen molar-refractivity contribution < 1.29 is 4.79 Å². The monoisotopic (exact) mass is 311 g/mol. The van der Waals surface area contributed by atoms with Gasteiger partial charge in [-0.15, -0.1) is 11.3 Å². The van der Waals surface area contributed by atoms with Crippen LogP contribution >= 0.6 is 11.3 Å². The van der Waals surface area contributed by atoms with Gasteiger partial charge in [-0.1, -0.05) is 0 Å². The lowest BCUT2D eigenvalue weighted by Crippen LogP contribution is -2.40. The first-order valence-electron chi connectivity index (χ1n) is 6.96. The van der Waals surface area contributed by atoms with E-state index in [0.717, 1.165) is 23.2 Å². The van der Waals surface area contributed by atoms with Crippen molar-refractivity contribution in [3.8, 4) is 0 Å². The summed E-state index contributed by atoms with van der Waals surface area (Å²) in [7, 11) is 1.95. The smallest absolute Gasteiger partial charge is 0.224 e. The van der Waals surface area contributed by atoms with Crippen molar-refractivity contribution in [1.29, 1.82) is 0 Å². The summed E-state index contributed by atoms with van der Waals surface area (Å²) in [6.45, 7) is 9.38. The molecule has 0 aliphatic rings. The molecule has 1 rings (SSSR count). The maximum Gasteiger partial charge on any atom is 0.224 e. The third kappa shape index (κ3) is 5.34. The van der Waals surface area contributed by atoms with Gasteiger partial charge >= 0.3 is 0 Å². The van der Waals surface area contributed by atoms with E-state index in [2.05, 4.69) is 15.3 Å². The Morgan fingerprint density at radius 1 is 1.57 bits per heavy atom. The van der Waals surface area contributed by atoms with Crippen molar-refractivity contribution in [3.63, 3.8) is 0 Å². The lowest BCUT2D eigenvalue weighted by Gasteiger charge is -2.23. The van der Waals surface area contributed by atoms with Crippen LogP contribution in [0.2, 0.25) is 0 Å². The summed E-state index contributed by atoms with van der Waals surface area (Å²) in [6.07, 6.45) is 0. The molecule has 0 bridgehead atoms. The molecule has 0 spiro atoms. The number of hydrogen-bond acceptors (Lipinski definition) is 4. The zero-order valence-electron chi connectivity index (χ0n) is 13.4. The number of nitrogens with one attached hydrogen (secondary N) is 1. The molecule has 21 heavy (non-hydrogen) atoms. The fraction of sp³-hybridized carbons (Fsp3) is 0.643. The molecule has 3 N–H and O–H groups in total. The second-order valence-corrected chi connectivity index (χ2v) is 6.69. The molecule has 7 heteroatoms. The van der Waals surface area contributed by atoms with Gasteiger partial charge in [-0.2, -0.15) is 0 Å². The number of carbonyl (C=O) groups is 1. The fourth-order valence-corrected chi connectivity index (χ4v) is 2.22. The van der Waals surface area contributed by atoms with Gasteiger partial charge in [-0.05, 0) is 27.7 Å². The van der Waals surface area contributed by atoms with Crippen LogP contribution in [0, 0.1) is 12.3 Å². The molecule has 6 nitrogen and oxygen atoms in total. The Bertz CT molecular complexity index is 509. The maximum absolute atomic E-state index is 11.4. The van der Waals surface area contributed by atoms with Crippen molar-refractivity contribution >= 4 is 23.2 Å². The number of aryl methyl sites for hydroxylation is 1. The minimum absolute atomic E-state index is 0.347. The highest BCUT2D eigenvalue weighted by molar-refractivity contribution is 7.09. The van der Waals surface area contributed by atoms with Crippen molar-refractivity contribution in [1.82, 2.24) is 15.2 Å². The number of guanidine groups is 1. The SMILES string of the molecule is CCNC(=NCC(C)(C)C(N)=O)N(C)Cc1csc(C)n1. The first kappa shape index (κ1) is 17.4. The van der Waals surface area contributed by atoms with Gasteiger partial charge in [0.15, 0.2) is 5.96 Å². The zero-order valence-corrected chi connectivity index (χ0v) is 14.3. The normalized spacial score (nSPS) is 12.3. The molecule has 1 amide bonds. The summed E-state index contributed by atoms with van der Waals surface area (Å²) in [5.74, 6) is 0.400. The van der Waals surface area contributed by atoms with Crippen molar-refractivity contribution in [2.45, 2.75) is 34.2 Å². The molecule has 1 heterocycles. The van der Waals surface area contributed by atoms with Crippen LogP contribution < -0.4 is 11.1 Å². The Morgan fingerprint density at radius 3 is 2.71 bits per heavy atom. The number of nitrogens with two attached hydrogens (primary N) is 1. The predicted octanol–water partition coefficient (Wildman–Crippen LogP) is 1.36. The molecular formula is C14H25N5OS. The van der Waals surface area contributed by atoms with Crippen molar-refractivity contribution in [2.75, 3.05) is 20.1 Å². The zero-order chi connectivity index (χ0) is 16.0. The number of nitrogens with zero attached hydrogens (tertiary/aromatic N) is 3. The highest BCUT2D eigenvalue weighted by Crippen LogP contribution is 2.15. The van der Waals surface area contributed by atoms with E-state index >= 15 is 0 Å². The minimum atomic E-state index is -0.654. The molecule has 0 aromatic carbocycles. The van der Waals surface area contributed by atoms with Crippen LogP contribution in [0.3, 0.4) is 0 Å². The van der Waals surface area contributed by atoms with E-state index in [-0.39, 0.29) is 5.91 Å². The third-order valence-corrected chi connectivity index (χ3v) is 3.88. The first-order chi connectivity index (χ1) is 9.76. The van der Waals surface area contributed by atoms with E-state index in [1.807, 2.05) is 31.2 Å². The largest absolute Gasteiger partial charge is 0.369 e. The maximum atomic E-state index is 11.4. The number of hydrogen-bond donors (Lipinski definition) is 2. The second kappa shape index (κ2) is 7.40. The molecular weight excluding hydrogens is 286 g/mol. The van der Waals surface area contributed by atoms with E-state index in [4.69, 9.17) is 5.73 Å². The lowest BCUT2D eigenvalue weighted by atomic mass is 9.93. The van der Waals surface area contributed by atoms with Gasteiger partial charge in [0, 0.05) is 19.0 Å². The van der Waals surface area contributed by atoms with Crippen LogP contribution in [0.1, 0.15) is 31.5 Å². The summed E-state index contributed by atoms with van der Waals surface area (Å²) in [6, 6.07) is 0. The van der Waals surface area contributed by atoms with E-state index in [9.17, 15) is 4.79 Å². The summed E-state index contributed by atoms with van der Waals surface area (Å²) in [4.78, 5) is 22.3. The molecule has 1 aromatic heterocycles. The number of thiazole rings is 1. The van der Waals surface area contributed by atoms with Crippen LogP contribution in [0.25, 0.3) is 0 Å². The number of primary amides is 1. The predicted molar refractivity (Wildman–Crippen MR) is 87.3 cm³/mol. The molecule has 1 aromatic rings. The number of amides is 1. The van der Waals surface area contributed by atoms with Crippen LogP contribution in [-0.2, 0) is 11.3 Å². The van der Waals surface area contributed by atoms with Gasteiger partial charge < -0.3 is 16.0 Å². The molecule has 0 atom stereocenters. The molecule has 0 aliphatic heterocycles. The molecule has 0 fully saturated rings. The number of aromatic nitrogens is 1. The highest BCUT2D eigenvalue weighted by atomic mass is 32.1. The van der Waals surface area contributed by atoms with Gasteiger partial charge in [0.1, 0.15) is 0 Å². The summed E-state index contributed by atoms with van der Waals surface area (Å²) < 4.78 is 0. The molecule has 0 radical (unpaired) electrons. The lowest BCUT2D eigenvalue weighted by molar-refractivity contribution is -0.125. The van der Waals surface area contributed by atoms with Gasteiger partial charge in [-0.25, -0.2) is 4.98 Å². The number of aliphatic imine (C=N–C) groups is 1. The molecule has 0 saturated heterocycles. The van der Waals surface area contributed by atoms with E-state index < -0.39 is 5.41 Å². The third-order valence-electron chi connectivity index (χ3n) is 3.05. The Hall–Kier alpha value is -1.63. The summed E-state index contributed by atoms with van der Waals surface area (Å²) in [5.41, 5.74) is 5.74. The molecule has 118 valence electrons. The van der Waals surface area contributed by atoms with Gasteiger partial charge in [0.25, 0.3) is 0 Å². The van der Waals surface area contributed by atoms with Gasteiger partial charge in [-0.3, -0.25) is 9.79 Å². The van der Waals surface area contributed by atoms with Crippen LogP contribution in [-0.4, -0.2) is 41.9 Å². The minimum Gasteiger partial charge on any atom is -0.369 e. The summed E-state index contributed by atoms with van der Waals surface area (Å²) >= 11 is 1.63. The number of carbonyl (C=O) groups excluding carboxylic acids is 1. The van der Waals surface area contributed by atoms with E-state index in [1.165, 1.54) is 0 Å². The van der Waals surface area contributed by atoms with Gasteiger partial charge in [0.05, 0.1) is 29.2 Å². The molecule has 0 unspecified atom stereocenters. The fourth-order valence-electron chi connectivity index (χ4n) is 1.62. The van der Waals surface area contributed by atoms with Crippen LogP contribution in [0.15, 0.2) is 10.4 Å². The van der Waals surface area contributed by atoms with Crippen LogP contribution in [0.5, 0.6) is 0 Å². The highest BCUT2D eigenvalue weighted by Gasteiger charge is 2.25.